The summed E-state index contributed by atoms with van der Waals surface area (Å²) in [5, 5.41) is 0. The van der Waals surface area contributed by atoms with Gasteiger partial charge >= 0.3 is 0 Å². The fourth-order valence-corrected chi connectivity index (χ4v) is 4.59. The summed E-state index contributed by atoms with van der Waals surface area (Å²) in [7, 11) is 6.52. The zero-order valence-corrected chi connectivity index (χ0v) is 16.9. The standard InChI is InChI=1S/C21H29N3S/c1-6-12-22(3)16-8-10-18-20(14-16)25-21-15-17(23(4)13-7-2)9-11-19(21)24(18)5/h8-11,14-15H,6-7,12-13H2,1-5H3. The smallest absolute Gasteiger partial charge is 0.0551 e. The molecular formula is C21H29N3S. The van der Waals surface area contributed by atoms with E-state index in [1.54, 1.807) is 0 Å². The summed E-state index contributed by atoms with van der Waals surface area (Å²) >= 11 is 1.89. The first-order valence-electron chi connectivity index (χ1n) is 9.17. The van der Waals surface area contributed by atoms with Crippen molar-refractivity contribution in [2.24, 2.45) is 0 Å². The lowest BCUT2D eigenvalue weighted by Crippen LogP contribution is -2.20. The molecule has 134 valence electrons. The molecule has 2 aromatic rings. The van der Waals surface area contributed by atoms with Crippen LogP contribution in [0.15, 0.2) is 46.2 Å². The lowest BCUT2D eigenvalue weighted by atomic mass is 10.2. The van der Waals surface area contributed by atoms with Crippen molar-refractivity contribution in [1.29, 1.82) is 0 Å². The number of nitrogens with zero attached hydrogens (tertiary/aromatic N) is 3. The monoisotopic (exact) mass is 355 g/mol. The largest absolute Gasteiger partial charge is 0.375 e. The van der Waals surface area contributed by atoms with Gasteiger partial charge in [-0.15, -0.1) is 0 Å². The molecule has 0 amide bonds. The van der Waals surface area contributed by atoms with Crippen molar-refractivity contribution in [3.8, 4) is 0 Å². The van der Waals surface area contributed by atoms with Gasteiger partial charge < -0.3 is 14.7 Å². The number of anilines is 4. The van der Waals surface area contributed by atoms with Crippen LogP contribution in [0.25, 0.3) is 0 Å². The molecular weight excluding hydrogens is 326 g/mol. The van der Waals surface area contributed by atoms with Gasteiger partial charge in [-0.3, -0.25) is 0 Å². The Balaban J connectivity index is 1.93. The topological polar surface area (TPSA) is 9.72 Å². The Morgan fingerprint density at radius 3 is 1.64 bits per heavy atom. The Morgan fingerprint density at radius 2 is 1.24 bits per heavy atom. The fraction of sp³-hybridized carbons (Fsp3) is 0.429. The first-order valence-corrected chi connectivity index (χ1v) is 9.98. The summed E-state index contributed by atoms with van der Waals surface area (Å²) in [5.41, 5.74) is 5.18. The van der Waals surface area contributed by atoms with E-state index in [0.717, 1.165) is 25.9 Å². The van der Waals surface area contributed by atoms with Crippen LogP contribution >= 0.6 is 11.8 Å². The molecule has 0 aliphatic carbocycles. The average Bonchev–Trinajstić information content (AvgIpc) is 2.61. The minimum Gasteiger partial charge on any atom is -0.375 e. The van der Waals surface area contributed by atoms with E-state index >= 15 is 0 Å². The van der Waals surface area contributed by atoms with Crippen LogP contribution in [0.2, 0.25) is 0 Å². The second-order valence-electron chi connectivity index (χ2n) is 6.81. The molecule has 4 heteroatoms. The van der Waals surface area contributed by atoms with Gasteiger partial charge in [0.2, 0.25) is 0 Å². The van der Waals surface area contributed by atoms with E-state index in [0.29, 0.717) is 0 Å². The summed E-state index contributed by atoms with van der Waals surface area (Å²) < 4.78 is 0. The van der Waals surface area contributed by atoms with E-state index in [1.807, 2.05) is 11.8 Å². The number of benzene rings is 2. The third kappa shape index (κ3) is 3.59. The van der Waals surface area contributed by atoms with E-state index in [1.165, 1.54) is 32.5 Å². The highest BCUT2D eigenvalue weighted by atomic mass is 32.2. The molecule has 0 bridgehead atoms. The number of fused-ring (bicyclic) bond motifs is 2. The molecule has 0 atom stereocenters. The third-order valence-corrected chi connectivity index (χ3v) is 5.92. The molecule has 0 saturated heterocycles. The van der Waals surface area contributed by atoms with Crippen LogP contribution in [0.3, 0.4) is 0 Å². The van der Waals surface area contributed by atoms with Crippen LogP contribution in [-0.4, -0.2) is 34.2 Å². The summed E-state index contributed by atoms with van der Waals surface area (Å²) in [6.07, 6.45) is 2.33. The van der Waals surface area contributed by atoms with Crippen LogP contribution in [0.4, 0.5) is 22.7 Å². The first-order chi connectivity index (χ1) is 12.0. The van der Waals surface area contributed by atoms with Gasteiger partial charge in [0, 0.05) is 55.4 Å². The third-order valence-electron chi connectivity index (χ3n) is 4.83. The van der Waals surface area contributed by atoms with E-state index in [2.05, 4.69) is 86.1 Å². The van der Waals surface area contributed by atoms with Gasteiger partial charge in [-0.1, -0.05) is 25.6 Å². The molecule has 0 aromatic heterocycles. The molecule has 0 radical (unpaired) electrons. The Morgan fingerprint density at radius 1 is 0.800 bits per heavy atom. The van der Waals surface area contributed by atoms with Crippen molar-refractivity contribution in [2.75, 3.05) is 48.9 Å². The van der Waals surface area contributed by atoms with Gasteiger partial charge in [0.25, 0.3) is 0 Å². The maximum Gasteiger partial charge on any atom is 0.0551 e. The molecule has 0 fully saturated rings. The van der Waals surface area contributed by atoms with E-state index in [9.17, 15) is 0 Å². The van der Waals surface area contributed by atoms with Gasteiger partial charge in [-0.25, -0.2) is 0 Å². The first kappa shape index (κ1) is 18.0. The van der Waals surface area contributed by atoms with Crippen molar-refractivity contribution in [2.45, 2.75) is 36.5 Å². The highest BCUT2D eigenvalue weighted by molar-refractivity contribution is 7.99. The Hall–Kier alpha value is -1.81. The van der Waals surface area contributed by atoms with E-state index < -0.39 is 0 Å². The average molecular weight is 356 g/mol. The molecule has 0 N–H and O–H groups in total. The molecule has 1 aliphatic rings. The Kier molecular flexibility index (Phi) is 5.48. The molecule has 0 saturated carbocycles. The molecule has 1 heterocycles. The minimum absolute atomic E-state index is 1.09. The Bertz CT molecular complexity index is 682. The number of rotatable bonds is 6. The lowest BCUT2D eigenvalue weighted by Gasteiger charge is -2.32. The van der Waals surface area contributed by atoms with E-state index in [4.69, 9.17) is 0 Å². The van der Waals surface area contributed by atoms with Gasteiger partial charge in [-0.2, -0.15) is 0 Å². The second kappa shape index (κ2) is 7.61. The summed E-state index contributed by atoms with van der Waals surface area (Å²) in [6.45, 7) is 6.62. The summed E-state index contributed by atoms with van der Waals surface area (Å²) in [4.78, 5) is 9.66. The molecule has 0 unspecified atom stereocenters. The van der Waals surface area contributed by atoms with Crippen molar-refractivity contribution in [3.63, 3.8) is 0 Å². The van der Waals surface area contributed by atoms with Crippen LogP contribution in [0.1, 0.15) is 26.7 Å². The Labute approximate surface area is 156 Å². The van der Waals surface area contributed by atoms with E-state index in [-0.39, 0.29) is 0 Å². The molecule has 3 rings (SSSR count). The SMILES string of the molecule is CCCN(C)c1ccc2c(c1)Sc1cc(N(C)CCC)ccc1N2C. The van der Waals surface area contributed by atoms with Crippen LogP contribution in [-0.2, 0) is 0 Å². The van der Waals surface area contributed by atoms with Crippen LogP contribution < -0.4 is 14.7 Å². The predicted molar refractivity (Wildman–Crippen MR) is 112 cm³/mol. The predicted octanol–water partition coefficient (Wildman–Crippen LogP) is 5.61. The highest BCUT2D eigenvalue weighted by Crippen LogP contribution is 2.49. The normalized spacial score (nSPS) is 12.6. The van der Waals surface area contributed by atoms with Gasteiger partial charge in [0.15, 0.2) is 0 Å². The van der Waals surface area contributed by atoms with Gasteiger partial charge in [-0.05, 0) is 49.2 Å². The van der Waals surface area contributed by atoms with Crippen molar-refractivity contribution in [1.82, 2.24) is 0 Å². The van der Waals surface area contributed by atoms with Crippen LogP contribution in [0.5, 0.6) is 0 Å². The molecule has 1 aliphatic heterocycles. The lowest BCUT2D eigenvalue weighted by molar-refractivity contribution is 0.849. The number of hydrogen-bond donors (Lipinski definition) is 0. The minimum atomic E-state index is 1.09. The van der Waals surface area contributed by atoms with Crippen molar-refractivity contribution >= 4 is 34.5 Å². The molecule has 25 heavy (non-hydrogen) atoms. The zero-order valence-electron chi connectivity index (χ0n) is 16.0. The quantitative estimate of drug-likeness (QED) is 0.666. The molecule has 2 aromatic carbocycles. The maximum absolute atomic E-state index is 2.34. The molecule has 3 nitrogen and oxygen atoms in total. The van der Waals surface area contributed by atoms with Crippen LogP contribution in [0, 0.1) is 0 Å². The fourth-order valence-electron chi connectivity index (χ4n) is 3.38. The zero-order chi connectivity index (χ0) is 18.0. The summed E-state index contributed by atoms with van der Waals surface area (Å²) in [5.74, 6) is 0. The van der Waals surface area contributed by atoms with Gasteiger partial charge in [0.05, 0.1) is 11.4 Å². The summed E-state index contributed by atoms with van der Waals surface area (Å²) in [6, 6.07) is 13.6. The maximum atomic E-state index is 2.34. The number of hydrogen-bond acceptors (Lipinski definition) is 4. The van der Waals surface area contributed by atoms with Crippen molar-refractivity contribution < 1.29 is 0 Å². The highest BCUT2D eigenvalue weighted by Gasteiger charge is 2.22. The second-order valence-corrected chi connectivity index (χ2v) is 7.89. The van der Waals surface area contributed by atoms with Crippen molar-refractivity contribution in [3.05, 3.63) is 36.4 Å². The molecule has 0 spiro atoms. The van der Waals surface area contributed by atoms with Gasteiger partial charge in [0.1, 0.15) is 0 Å².